The Morgan fingerprint density at radius 1 is 1.07 bits per heavy atom. The van der Waals surface area contributed by atoms with Gasteiger partial charge in [0.15, 0.2) is 0 Å². The maximum atomic E-state index is 13.1. The first kappa shape index (κ1) is 20.9. The summed E-state index contributed by atoms with van der Waals surface area (Å²) < 4.78 is 39.8. The highest BCUT2D eigenvalue weighted by molar-refractivity contribution is 7.89. The van der Waals surface area contributed by atoms with Crippen LogP contribution in [0.3, 0.4) is 0 Å². The molecule has 3 rings (SSSR count). The van der Waals surface area contributed by atoms with E-state index in [0.29, 0.717) is 18.4 Å². The number of nitrogens with one attached hydrogen (secondary N) is 2. The smallest absolute Gasteiger partial charge is 0.269 e. The van der Waals surface area contributed by atoms with Gasteiger partial charge in [0, 0.05) is 18.7 Å². The van der Waals surface area contributed by atoms with Gasteiger partial charge in [-0.05, 0) is 55.7 Å². The predicted molar refractivity (Wildman–Crippen MR) is 105 cm³/mol. The number of aryl methyl sites for hydroxylation is 1. The minimum Gasteiger partial charge on any atom is -0.273 e. The van der Waals surface area contributed by atoms with E-state index < -0.39 is 33.6 Å². The molecule has 154 valence electrons. The fraction of sp³-hybridized carbons (Fsp3) is 0.300. The molecule has 9 heteroatoms. The molecular formula is C20H22FN3O4S. The molecule has 29 heavy (non-hydrogen) atoms. The van der Waals surface area contributed by atoms with Crippen LogP contribution in [-0.4, -0.2) is 37.6 Å². The van der Waals surface area contributed by atoms with Crippen LogP contribution >= 0.6 is 0 Å². The van der Waals surface area contributed by atoms with Crippen LogP contribution in [0.1, 0.15) is 28.8 Å². The number of piperidine rings is 1. The normalized spacial score (nSPS) is 17.5. The Morgan fingerprint density at radius 3 is 2.45 bits per heavy atom. The minimum absolute atomic E-state index is 0.00816. The lowest BCUT2D eigenvalue weighted by Gasteiger charge is -2.31. The molecule has 0 spiro atoms. The first-order valence-electron chi connectivity index (χ1n) is 9.20. The van der Waals surface area contributed by atoms with Gasteiger partial charge < -0.3 is 0 Å². The summed E-state index contributed by atoms with van der Waals surface area (Å²) >= 11 is 0. The fourth-order valence-corrected chi connectivity index (χ4v) is 4.77. The SMILES string of the molecule is Cc1ccccc1C(=O)NNC(=O)[C@@H]1CCCN(S(=O)(=O)c2ccc(F)cc2)C1. The summed E-state index contributed by atoms with van der Waals surface area (Å²) in [5, 5.41) is 0. The average molecular weight is 419 g/mol. The maximum Gasteiger partial charge on any atom is 0.269 e. The van der Waals surface area contributed by atoms with Crippen LogP contribution < -0.4 is 10.9 Å². The van der Waals surface area contributed by atoms with Gasteiger partial charge in [-0.15, -0.1) is 0 Å². The number of nitrogens with zero attached hydrogens (tertiary/aromatic N) is 1. The lowest BCUT2D eigenvalue weighted by molar-refractivity contribution is -0.126. The van der Waals surface area contributed by atoms with E-state index in [1.54, 1.807) is 25.1 Å². The molecular weight excluding hydrogens is 397 g/mol. The third-order valence-electron chi connectivity index (χ3n) is 4.90. The first-order valence-corrected chi connectivity index (χ1v) is 10.6. The van der Waals surface area contributed by atoms with E-state index in [1.165, 1.54) is 16.4 Å². The van der Waals surface area contributed by atoms with Crippen molar-refractivity contribution in [2.24, 2.45) is 5.92 Å². The standard InChI is InChI=1S/C20H22FN3O4S/c1-14-5-2-3-7-18(14)20(26)23-22-19(25)15-6-4-12-24(13-15)29(27,28)17-10-8-16(21)9-11-17/h2-3,5,7-11,15H,4,6,12-13H2,1H3,(H,22,25)(H,23,26)/t15-/m1/s1. The van der Waals surface area contributed by atoms with Crippen molar-refractivity contribution in [2.75, 3.05) is 13.1 Å². The number of halogens is 1. The summed E-state index contributed by atoms with van der Waals surface area (Å²) in [5.41, 5.74) is 5.98. The van der Waals surface area contributed by atoms with Crippen molar-refractivity contribution in [2.45, 2.75) is 24.7 Å². The van der Waals surface area contributed by atoms with Crippen molar-refractivity contribution in [3.05, 3.63) is 65.5 Å². The average Bonchev–Trinajstić information content (AvgIpc) is 2.72. The second-order valence-corrected chi connectivity index (χ2v) is 8.85. The van der Waals surface area contributed by atoms with Crippen LogP contribution in [-0.2, 0) is 14.8 Å². The summed E-state index contributed by atoms with van der Waals surface area (Å²) in [5.74, 6) is -2.02. The lowest BCUT2D eigenvalue weighted by Crippen LogP contribution is -2.50. The van der Waals surface area contributed by atoms with Crippen LogP contribution in [0.25, 0.3) is 0 Å². The summed E-state index contributed by atoms with van der Waals surface area (Å²) in [6.07, 6.45) is 1.01. The van der Waals surface area contributed by atoms with E-state index >= 15 is 0 Å². The molecule has 2 amide bonds. The third-order valence-corrected chi connectivity index (χ3v) is 6.77. The monoisotopic (exact) mass is 419 g/mol. The maximum absolute atomic E-state index is 13.1. The number of rotatable bonds is 4. The second kappa shape index (κ2) is 8.71. The summed E-state index contributed by atoms with van der Waals surface area (Å²) in [6.45, 7) is 2.06. The molecule has 1 atom stereocenters. The molecule has 1 aliphatic rings. The zero-order valence-corrected chi connectivity index (χ0v) is 16.7. The van der Waals surface area contributed by atoms with E-state index in [1.807, 2.05) is 6.07 Å². The molecule has 0 unspecified atom stereocenters. The molecule has 0 saturated carbocycles. The van der Waals surface area contributed by atoms with Crippen LogP contribution in [0.15, 0.2) is 53.4 Å². The molecule has 0 aliphatic carbocycles. The van der Waals surface area contributed by atoms with Crippen LogP contribution in [0.5, 0.6) is 0 Å². The topological polar surface area (TPSA) is 95.6 Å². The Bertz CT molecular complexity index is 1010. The summed E-state index contributed by atoms with van der Waals surface area (Å²) in [4.78, 5) is 24.7. The Morgan fingerprint density at radius 2 is 1.76 bits per heavy atom. The first-order chi connectivity index (χ1) is 13.8. The van der Waals surface area contributed by atoms with Crippen molar-refractivity contribution in [1.29, 1.82) is 0 Å². The van der Waals surface area contributed by atoms with Gasteiger partial charge in [-0.2, -0.15) is 4.31 Å². The molecule has 7 nitrogen and oxygen atoms in total. The highest BCUT2D eigenvalue weighted by Crippen LogP contribution is 2.24. The fourth-order valence-electron chi connectivity index (χ4n) is 3.25. The number of carbonyl (C=O) groups is 2. The highest BCUT2D eigenvalue weighted by Gasteiger charge is 2.33. The van der Waals surface area contributed by atoms with E-state index in [0.717, 1.165) is 17.7 Å². The summed E-state index contributed by atoms with van der Waals surface area (Å²) in [6, 6.07) is 11.5. The van der Waals surface area contributed by atoms with Gasteiger partial charge in [0.2, 0.25) is 15.9 Å². The second-order valence-electron chi connectivity index (χ2n) is 6.91. The Balaban J connectivity index is 1.63. The molecule has 1 aliphatic heterocycles. The van der Waals surface area contributed by atoms with Crippen LogP contribution in [0.4, 0.5) is 4.39 Å². The van der Waals surface area contributed by atoms with Crippen LogP contribution in [0, 0.1) is 18.7 Å². The quantitative estimate of drug-likeness (QED) is 0.741. The van der Waals surface area contributed by atoms with Gasteiger partial charge in [0.1, 0.15) is 5.82 Å². The van der Waals surface area contributed by atoms with Gasteiger partial charge in [-0.3, -0.25) is 20.4 Å². The van der Waals surface area contributed by atoms with E-state index in [9.17, 15) is 22.4 Å². The number of benzene rings is 2. The number of hydrogen-bond acceptors (Lipinski definition) is 4. The molecule has 0 bridgehead atoms. The van der Waals surface area contributed by atoms with Gasteiger partial charge in [-0.1, -0.05) is 18.2 Å². The number of hydrogen-bond donors (Lipinski definition) is 2. The lowest BCUT2D eigenvalue weighted by atomic mass is 9.99. The minimum atomic E-state index is -3.83. The Kier molecular flexibility index (Phi) is 6.29. The predicted octanol–water partition coefficient (Wildman–Crippen LogP) is 2.00. The molecule has 2 aromatic rings. The molecule has 1 fully saturated rings. The number of hydrazine groups is 1. The molecule has 0 aromatic heterocycles. The number of sulfonamides is 1. The summed E-state index contributed by atoms with van der Waals surface area (Å²) in [7, 11) is -3.83. The zero-order chi connectivity index (χ0) is 21.0. The molecule has 2 aromatic carbocycles. The third kappa shape index (κ3) is 4.80. The van der Waals surface area contributed by atoms with Crippen molar-refractivity contribution in [1.82, 2.24) is 15.2 Å². The highest BCUT2D eigenvalue weighted by atomic mass is 32.2. The Hall–Kier alpha value is -2.78. The van der Waals surface area contributed by atoms with Gasteiger partial charge in [-0.25, -0.2) is 12.8 Å². The molecule has 1 saturated heterocycles. The van der Waals surface area contributed by atoms with Crippen molar-refractivity contribution < 1.29 is 22.4 Å². The van der Waals surface area contributed by atoms with E-state index in [2.05, 4.69) is 10.9 Å². The van der Waals surface area contributed by atoms with E-state index in [4.69, 9.17) is 0 Å². The van der Waals surface area contributed by atoms with Crippen molar-refractivity contribution in [3.8, 4) is 0 Å². The number of amides is 2. The molecule has 0 radical (unpaired) electrons. The Labute approximate surface area is 168 Å². The van der Waals surface area contributed by atoms with E-state index in [-0.39, 0.29) is 18.0 Å². The molecule has 1 heterocycles. The van der Waals surface area contributed by atoms with Crippen LogP contribution in [0.2, 0.25) is 0 Å². The zero-order valence-electron chi connectivity index (χ0n) is 15.9. The van der Waals surface area contributed by atoms with Gasteiger partial charge >= 0.3 is 0 Å². The van der Waals surface area contributed by atoms with Crippen molar-refractivity contribution >= 4 is 21.8 Å². The molecule has 2 N–H and O–H groups in total. The van der Waals surface area contributed by atoms with Crippen molar-refractivity contribution in [3.63, 3.8) is 0 Å². The largest absolute Gasteiger partial charge is 0.273 e. The van der Waals surface area contributed by atoms with Gasteiger partial charge in [0.25, 0.3) is 5.91 Å². The van der Waals surface area contributed by atoms with Gasteiger partial charge in [0.05, 0.1) is 10.8 Å². The number of carbonyl (C=O) groups excluding carboxylic acids is 2.